The molecule has 18 heavy (non-hydrogen) atoms. The van der Waals surface area contributed by atoms with Gasteiger partial charge in [0, 0.05) is 19.1 Å². The lowest BCUT2D eigenvalue weighted by Gasteiger charge is -2.24. The van der Waals surface area contributed by atoms with Gasteiger partial charge in [-0.15, -0.1) is 0 Å². The Labute approximate surface area is 110 Å². The SMILES string of the molecule is CN1CCC(CC(CN)NC(=O)OC(C)(C)C)C1. The van der Waals surface area contributed by atoms with Crippen LogP contribution in [0, 0.1) is 5.92 Å². The first-order valence-corrected chi connectivity index (χ1v) is 6.68. The van der Waals surface area contributed by atoms with Crippen molar-refractivity contribution in [2.24, 2.45) is 11.7 Å². The van der Waals surface area contributed by atoms with E-state index in [4.69, 9.17) is 10.5 Å². The molecule has 0 bridgehead atoms. The van der Waals surface area contributed by atoms with Crippen molar-refractivity contribution in [1.29, 1.82) is 0 Å². The summed E-state index contributed by atoms with van der Waals surface area (Å²) in [4.78, 5) is 14.0. The van der Waals surface area contributed by atoms with Gasteiger partial charge in [0.25, 0.3) is 0 Å². The number of amides is 1. The van der Waals surface area contributed by atoms with Crippen molar-refractivity contribution in [3.63, 3.8) is 0 Å². The van der Waals surface area contributed by atoms with Gasteiger partial charge in [-0.1, -0.05) is 0 Å². The van der Waals surface area contributed by atoms with E-state index in [2.05, 4.69) is 17.3 Å². The fourth-order valence-electron chi connectivity index (χ4n) is 2.31. The van der Waals surface area contributed by atoms with E-state index >= 15 is 0 Å². The van der Waals surface area contributed by atoms with Crippen LogP contribution in [0.15, 0.2) is 0 Å². The molecule has 2 atom stereocenters. The molecule has 1 rings (SSSR count). The van der Waals surface area contributed by atoms with Crippen LogP contribution in [-0.2, 0) is 4.74 Å². The molecule has 5 heteroatoms. The summed E-state index contributed by atoms with van der Waals surface area (Å²) in [5.41, 5.74) is 5.25. The number of likely N-dealkylation sites (tertiary alicyclic amines) is 1. The summed E-state index contributed by atoms with van der Waals surface area (Å²) in [6, 6.07) is 0.0105. The van der Waals surface area contributed by atoms with Gasteiger partial charge in [0.2, 0.25) is 0 Å². The average molecular weight is 257 g/mol. The fourth-order valence-corrected chi connectivity index (χ4v) is 2.31. The third-order valence-corrected chi connectivity index (χ3v) is 3.11. The maximum atomic E-state index is 11.7. The lowest BCUT2D eigenvalue weighted by Crippen LogP contribution is -2.44. The van der Waals surface area contributed by atoms with Crippen molar-refractivity contribution in [2.45, 2.75) is 45.3 Å². The predicted octanol–water partition coefficient (Wildman–Crippen LogP) is 1.18. The molecule has 0 aromatic rings. The van der Waals surface area contributed by atoms with Crippen LogP contribution >= 0.6 is 0 Å². The summed E-state index contributed by atoms with van der Waals surface area (Å²) in [5.74, 6) is 0.624. The number of nitrogens with zero attached hydrogens (tertiary/aromatic N) is 1. The highest BCUT2D eigenvalue weighted by Crippen LogP contribution is 2.19. The molecule has 0 radical (unpaired) electrons. The first-order valence-electron chi connectivity index (χ1n) is 6.68. The van der Waals surface area contributed by atoms with E-state index in [9.17, 15) is 4.79 Å². The lowest BCUT2D eigenvalue weighted by atomic mass is 9.99. The molecular weight excluding hydrogens is 230 g/mol. The van der Waals surface area contributed by atoms with E-state index < -0.39 is 5.60 Å². The Bertz CT molecular complexity index is 276. The third kappa shape index (κ3) is 5.69. The van der Waals surface area contributed by atoms with Gasteiger partial charge in [-0.25, -0.2) is 4.79 Å². The lowest BCUT2D eigenvalue weighted by molar-refractivity contribution is 0.0499. The number of alkyl carbamates (subject to hydrolysis) is 1. The third-order valence-electron chi connectivity index (χ3n) is 3.11. The Morgan fingerprint density at radius 3 is 2.67 bits per heavy atom. The number of carbonyl (C=O) groups is 1. The second-order valence-electron chi connectivity index (χ2n) is 6.23. The summed E-state index contributed by atoms with van der Waals surface area (Å²) >= 11 is 0. The molecule has 5 nitrogen and oxygen atoms in total. The zero-order valence-corrected chi connectivity index (χ0v) is 12.0. The Hall–Kier alpha value is -0.810. The van der Waals surface area contributed by atoms with Crippen LogP contribution in [0.4, 0.5) is 4.79 Å². The van der Waals surface area contributed by atoms with E-state index in [0.29, 0.717) is 12.5 Å². The minimum atomic E-state index is -0.461. The molecule has 1 fully saturated rings. The second kappa shape index (κ2) is 6.38. The molecule has 0 spiro atoms. The largest absolute Gasteiger partial charge is 0.444 e. The molecule has 0 saturated carbocycles. The zero-order valence-electron chi connectivity index (χ0n) is 12.0. The topological polar surface area (TPSA) is 67.6 Å². The van der Waals surface area contributed by atoms with Crippen molar-refractivity contribution in [1.82, 2.24) is 10.2 Å². The molecule has 1 aliphatic heterocycles. The molecule has 0 aromatic carbocycles. The van der Waals surface area contributed by atoms with Crippen LogP contribution in [0.3, 0.4) is 0 Å². The average Bonchev–Trinajstić information content (AvgIpc) is 2.60. The predicted molar refractivity (Wildman–Crippen MR) is 72.4 cm³/mol. The van der Waals surface area contributed by atoms with Crippen LogP contribution in [0.25, 0.3) is 0 Å². The summed E-state index contributed by atoms with van der Waals surface area (Å²) in [7, 11) is 2.12. The van der Waals surface area contributed by atoms with Gasteiger partial charge in [-0.05, 0) is 53.1 Å². The Morgan fingerprint density at radius 1 is 1.56 bits per heavy atom. The van der Waals surface area contributed by atoms with Crippen molar-refractivity contribution < 1.29 is 9.53 Å². The van der Waals surface area contributed by atoms with Crippen molar-refractivity contribution in [2.75, 3.05) is 26.7 Å². The molecule has 1 amide bonds. The maximum absolute atomic E-state index is 11.7. The normalized spacial score (nSPS) is 22.8. The highest BCUT2D eigenvalue weighted by Gasteiger charge is 2.24. The van der Waals surface area contributed by atoms with Crippen LogP contribution < -0.4 is 11.1 Å². The summed E-state index contributed by atoms with van der Waals surface area (Å²) in [5, 5.41) is 2.86. The number of ether oxygens (including phenoxy) is 1. The van der Waals surface area contributed by atoms with E-state index in [1.807, 2.05) is 20.8 Å². The van der Waals surface area contributed by atoms with Crippen molar-refractivity contribution in [3.05, 3.63) is 0 Å². The standard InChI is InChI=1S/C13H27N3O2/c1-13(2,3)18-12(17)15-11(8-14)7-10-5-6-16(4)9-10/h10-11H,5-9,14H2,1-4H3,(H,15,17). The highest BCUT2D eigenvalue weighted by molar-refractivity contribution is 5.68. The molecule has 1 saturated heterocycles. The first kappa shape index (κ1) is 15.2. The van der Waals surface area contributed by atoms with E-state index in [1.165, 1.54) is 6.42 Å². The van der Waals surface area contributed by atoms with E-state index in [1.54, 1.807) is 0 Å². The number of hydrogen-bond acceptors (Lipinski definition) is 4. The highest BCUT2D eigenvalue weighted by atomic mass is 16.6. The van der Waals surface area contributed by atoms with Crippen LogP contribution in [0.5, 0.6) is 0 Å². The first-order chi connectivity index (χ1) is 8.30. The smallest absolute Gasteiger partial charge is 0.407 e. The summed E-state index contributed by atoms with van der Waals surface area (Å²) < 4.78 is 5.24. The number of rotatable bonds is 4. The quantitative estimate of drug-likeness (QED) is 0.793. The van der Waals surface area contributed by atoms with Gasteiger partial charge in [0.05, 0.1) is 0 Å². The van der Waals surface area contributed by atoms with Gasteiger partial charge in [-0.3, -0.25) is 0 Å². The molecule has 3 N–H and O–H groups in total. The number of nitrogens with two attached hydrogens (primary N) is 1. The number of carbonyl (C=O) groups excluding carboxylic acids is 1. The van der Waals surface area contributed by atoms with Crippen molar-refractivity contribution >= 4 is 6.09 Å². The minimum Gasteiger partial charge on any atom is -0.444 e. The summed E-state index contributed by atoms with van der Waals surface area (Å²) in [6.45, 7) is 8.25. The Balaban J connectivity index is 2.35. The number of hydrogen-bond donors (Lipinski definition) is 2. The fraction of sp³-hybridized carbons (Fsp3) is 0.923. The molecule has 1 heterocycles. The van der Waals surface area contributed by atoms with E-state index in [0.717, 1.165) is 19.5 Å². The Morgan fingerprint density at radius 2 is 2.22 bits per heavy atom. The van der Waals surface area contributed by atoms with Crippen LogP contribution in [0.2, 0.25) is 0 Å². The van der Waals surface area contributed by atoms with Crippen molar-refractivity contribution in [3.8, 4) is 0 Å². The van der Waals surface area contributed by atoms with Gasteiger partial charge in [0.15, 0.2) is 0 Å². The molecule has 106 valence electrons. The van der Waals surface area contributed by atoms with Gasteiger partial charge >= 0.3 is 6.09 Å². The zero-order chi connectivity index (χ0) is 13.8. The number of nitrogens with one attached hydrogen (secondary N) is 1. The van der Waals surface area contributed by atoms with Crippen LogP contribution in [-0.4, -0.2) is 49.3 Å². The van der Waals surface area contributed by atoms with Gasteiger partial charge in [0.1, 0.15) is 5.60 Å². The molecular formula is C13H27N3O2. The molecule has 2 unspecified atom stereocenters. The van der Waals surface area contributed by atoms with Gasteiger partial charge in [-0.2, -0.15) is 0 Å². The molecule has 1 aliphatic rings. The molecule has 0 aliphatic carbocycles. The molecule has 0 aromatic heterocycles. The maximum Gasteiger partial charge on any atom is 0.407 e. The van der Waals surface area contributed by atoms with E-state index in [-0.39, 0.29) is 12.1 Å². The summed E-state index contributed by atoms with van der Waals surface area (Å²) in [6.07, 6.45) is 1.74. The van der Waals surface area contributed by atoms with Crippen LogP contribution in [0.1, 0.15) is 33.6 Å². The monoisotopic (exact) mass is 257 g/mol. The Kier molecular flexibility index (Phi) is 5.41. The van der Waals surface area contributed by atoms with Gasteiger partial charge < -0.3 is 20.7 Å². The second-order valence-corrected chi connectivity index (χ2v) is 6.23. The minimum absolute atomic E-state index is 0.0105.